The Morgan fingerprint density at radius 1 is 1.32 bits per heavy atom. The second-order valence-corrected chi connectivity index (χ2v) is 7.11. The highest BCUT2D eigenvalue weighted by Crippen LogP contribution is 2.23. The monoisotopic (exact) mass is 303 g/mol. The number of aliphatic hydroxyl groups excluding tert-OH is 1. The number of hydrogen-bond donors (Lipinski definition) is 2. The van der Waals surface area contributed by atoms with Crippen LogP contribution in [0.15, 0.2) is 23.1 Å². The lowest BCUT2D eigenvalue weighted by Gasteiger charge is -2.28. The molecule has 2 atom stereocenters. The number of halogens is 1. The fourth-order valence-corrected chi connectivity index (χ4v) is 3.83. The number of rotatable bonds is 3. The number of hydrogen-bond acceptors (Lipinski definition) is 3. The molecule has 1 aromatic carbocycles. The minimum atomic E-state index is -3.63. The van der Waals surface area contributed by atoms with E-state index in [4.69, 9.17) is 11.6 Å². The summed E-state index contributed by atoms with van der Waals surface area (Å²) in [5, 5.41) is 10.2. The van der Waals surface area contributed by atoms with Crippen LogP contribution in [0.5, 0.6) is 0 Å². The van der Waals surface area contributed by atoms with Crippen molar-refractivity contribution in [1.82, 2.24) is 4.72 Å². The highest BCUT2D eigenvalue weighted by atomic mass is 35.5. The lowest BCUT2D eigenvalue weighted by atomic mass is 9.93. The molecule has 0 amide bonds. The molecule has 0 bridgehead atoms. The highest BCUT2D eigenvalue weighted by molar-refractivity contribution is 7.89. The second-order valence-electron chi connectivity index (χ2n) is 4.99. The molecule has 19 heavy (non-hydrogen) atoms. The molecule has 2 rings (SSSR count). The van der Waals surface area contributed by atoms with E-state index in [-0.39, 0.29) is 4.90 Å². The predicted molar refractivity (Wildman–Crippen MR) is 74.8 cm³/mol. The van der Waals surface area contributed by atoms with Crippen molar-refractivity contribution in [3.63, 3.8) is 0 Å². The highest BCUT2D eigenvalue weighted by Gasteiger charge is 2.28. The standard InChI is InChI=1S/C13H18ClNO3S/c1-9-6-7-10(8-11(9)14)19(17,18)15-12-4-2-3-5-13(12)16/h6-8,12-13,15-16H,2-5H2,1H3. The molecule has 1 aliphatic rings. The van der Waals surface area contributed by atoms with Crippen molar-refractivity contribution in [2.45, 2.75) is 49.6 Å². The van der Waals surface area contributed by atoms with Crippen LogP contribution in [0.4, 0.5) is 0 Å². The molecule has 0 heterocycles. The van der Waals surface area contributed by atoms with Crippen LogP contribution in [-0.2, 0) is 10.0 Å². The lowest BCUT2D eigenvalue weighted by molar-refractivity contribution is 0.101. The van der Waals surface area contributed by atoms with Gasteiger partial charge in [0.15, 0.2) is 0 Å². The Hall–Kier alpha value is -0.620. The molecule has 0 aliphatic heterocycles. The van der Waals surface area contributed by atoms with Gasteiger partial charge in [-0.1, -0.05) is 30.5 Å². The molecule has 1 fully saturated rings. The fraction of sp³-hybridized carbons (Fsp3) is 0.538. The number of sulfonamides is 1. The van der Waals surface area contributed by atoms with Crippen LogP contribution >= 0.6 is 11.6 Å². The molecule has 4 nitrogen and oxygen atoms in total. The molecule has 1 saturated carbocycles. The molecule has 2 N–H and O–H groups in total. The smallest absolute Gasteiger partial charge is 0.240 e. The van der Waals surface area contributed by atoms with Crippen LogP contribution in [0.2, 0.25) is 5.02 Å². The van der Waals surface area contributed by atoms with Crippen molar-refractivity contribution in [1.29, 1.82) is 0 Å². The van der Waals surface area contributed by atoms with Gasteiger partial charge in [-0.2, -0.15) is 0 Å². The molecular formula is C13H18ClNO3S. The Kier molecular flexibility index (Phi) is 4.50. The van der Waals surface area contributed by atoms with Gasteiger partial charge in [0.2, 0.25) is 10.0 Å². The van der Waals surface area contributed by atoms with Gasteiger partial charge < -0.3 is 5.11 Å². The number of benzene rings is 1. The molecule has 0 saturated heterocycles. The zero-order chi connectivity index (χ0) is 14.0. The summed E-state index contributed by atoms with van der Waals surface area (Å²) in [5.74, 6) is 0. The molecule has 6 heteroatoms. The first-order valence-electron chi connectivity index (χ1n) is 6.37. The van der Waals surface area contributed by atoms with Gasteiger partial charge in [-0.15, -0.1) is 0 Å². The zero-order valence-electron chi connectivity index (χ0n) is 10.8. The first kappa shape index (κ1) is 14.8. The van der Waals surface area contributed by atoms with E-state index in [0.717, 1.165) is 18.4 Å². The van der Waals surface area contributed by atoms with E-state index in [2.05, 4.69) is 4.72 Å². The van der Waals surface area contributed by atoms with Gasteiger partial charge in [0.25, 0.3) is 0 Å². The van der Waals surface area contributed by atoms with E-state index in [1.807, 2.05) is 6.92 Å². The second kappa shape index (κ2) is 5.79. The maximum Gasteiger partial charge on any atom is 0.240 e. The normalized spacial score (nSPS) is 24.4. The Morgan fingerprint density at radius 2 is 2.00 bits per heavy atom. The van der Waals surface area contributed by atoms with Crippen LogP contribution < -0.4 is 4.72 Å². The van der Waals surface area contributed by atoms with Crippen LogP contribution in [-0.4, -0.2) is 25.7 Å². The van der Waals surface area contributed by atoms with Gasteiger partial charge >= 0.3 is 0 Å². The van der Waals surface area contributed by atoms with E-state index in [1.165, 1.54) is 12.1 Å². The summed E-state index contributed by atoms with van der Waals surface area (Å²) >= 11 is 5.95. The first-order chi connectivity index (χ1) is 8.90. The Labute approximate surface area is 118 Å². The average molecular weight is 304 g/mol. The Balaban J connectivity index is 2.19. The van der Waals surface area contributed by atoms with Crippen molar-refractivity contribution in [2.24, 2.45) is 0 Å². The first-order valence-corrected chi connectivity index (χ1v) is 8.23. The van der Waals surface area contributed by atoms with E-state index in [1.54, 1.807) is 6.07 Å². The van der Waals surface area contributed by atoms with Gasteiger partial charge in [-0.3, -0.25) is 0 Å². The maximum atomic E-state index is 12.2. The quantitative estimate of drug-likeness (QED) is 0.900. The average Bonchev–Trinajstić information content (AvgIpc) is 2.35. The number of nitrogens with one attached hydrogen (secondary N) is 1. The molecule has 0 aromatic heterocycles. The molecular weight excluding hydrogens is 286 g/mol. The SMILES string of the molecule is Cc1ccc(S(=O)(=O)NC2CCCCC2O)cc1Cl. The third-order valence-electron chi connectivity index (χ3n) is 3.49. The van der Waals surface area contributed by atoms with Crippen molar-refractivity contribution in [2.75, 3.05) is 0 Å². The van der Waals surface area contributed by atoms with Gasteiger partial charge in [0.1, 0.15) is 0 Å². The number of aliphatic hydroxyl groups is 1. The third kappa shape index (κ3) is 3.48. The van der Waals surface area contributed by atoms with E-state index in [0.29, 0.717) is 17.9 Å². The van der Waals surface area contributed by atoms with Crippen molar-refractivity contribution < 1.29 is 13.5 Å². The van der Waals surface area contributed by atoms with E-state index >= 15 is 0 Å². The summed E-state index contributed by atoms with van der Waals surface area (Å²) in [6.45, 7) is 1.82. The maximum absolute atomic E-state index is 12.2. The largest absolute Gasteiger partial charge is 0.391 e. The third-order valence-corrected chi connectivity index (χ3v) is 5.38. The summed E-state index contributed by atoms with van der Waals surface area (Å²) in [4.78, 5) is 0.140. The predicted octanol–water partition coefficient (Wildman–Crippen LogP) is 2.23. The summed E-state index contributed by atoms with van der Waals surface area (Å²) in [6.07, 6.45) is 2.57. The van der Waals surface area contributed by atoms with Crippen molar-refractivity contribution >= 4 is 21.6 Å². The van der Waals surface area contributed by atoms with Crippen LogP contribution in [0.3, 0.4) is 0 Å². The van der Waals surface area contributed by atoms with Gasteiger partial charge in [0.05, 0.1) is 11.0 Å². The van der Waals surface area contributed by atoms with Gasteiger partial charge in [0, 0.05) is 11.1 Å². The molecule has 106 valence electrons. The van der Waals surface area contributed by atoms with Crippen molar-refractivity contribution in [3.05, 3.63) is 28.8 Å². The van der Waals surface area contributed by atoms with E-state index in [9.17, 15) is 13.5 Å². The lowest BCUT2D eigenvalue weighted by Crippen LogP contribution is -2.44. The van der Waals surface area contributed by atoms with Gasteiger partial charge in [-0.25, -0.2) is 13.1 Å². The molecule has 1 aliphatic carbocycles. The summed E-state index contributed by atoms with van der Waals surface area (Å²) in [7, 11) is -3.63. The Bertz CT molecular complexity index is 559. The zero-order valence-corrected chi connectivity index (χ0v) is 12.3. The molecule has 2 unspecified atom stereocenters. The minimum absolute atomic E-state index is 0.140. The van der Waals surface area contributed by atoms with E-state index < -0.39 is 22.2 Å². The van der Waals surface area contributed by atoms with Crippen molar-refractivity contribution in [3.8, 4) is 0 Å². The van der Waals surface area contributed by atoms with Crippen LogP contribution in [0.25, 0.3) is 0 Å². The number of aryl methyl sites for hydroxylation is 1. The fourth-order valence-electron chi connectivity index (χ4n) is 2.26. The van der Waals surface area contributed by atoms with Crippen LogP contribution in [0, 0.1) is 6.92 Å². The molecule has 0 radical (unpaired) electrons. The Morgan fingerprint density at radius 3 is 2.63 bits per heavy atom. The van der Waals surface area contributed by atoms with Gasteiger partial charge in [-0.05, 0) is 37.5 Å². The molecule has 0 spiro atoms. The minimum Gasteiger partial charge on any atom is -0.391 e. The topological polar surface area (TPSA) is 66.4 Å². The summed E-state index contributed by atoms with van der Waals surface area (Å²) in [6, 6.07) is 4.24. The van der Waals surface area contributed by atoms with Crippen LogP contribution in [0.1, 0.15) is 31.2 Å². The summed E-state index contributed by atoms with van der Waals surface area (Å²) in [5.41, 5.74) is 0.832. The summed E-state index contributed by atoms with van der Waals surface area (Å²) < 4.78 is 27.0. The molecule has 1 aromatic rings.